The topological polar surface area (TPSA) is 26.0 Å². The van der Waals surface area contributed by atoms with E-state index in [0.717, 1.165) is 5.92 Å². The van der Waals surface area contributed by atoms with E-state index in [0.29, 0.717) is 12.0 Å². The summed E-state index contributed by atoms with van der Waals surface area (Å²) in [6, 6.07) is 0.449. The molecule has 0 aromatic heterocycles. The Labute approximate surface area is 64.0 Å². The standard InChI is InChI=1S/C9H19N/c1-7(2)9(10)6-8-4-3-5-8/h7-9H,3-6,10H2,1-2H3/t9-/m1/s1. The SMILES string of the molecule is CC(C)[C@H](N)CC1CCC1. The van der Waals surface area contributed by atoms with E-state index in [2.05, 4.69) is 13.8 Å². The van der Waals surface area contributed by atoms with Crippen LogP contribution in [0.2, 0.25) is 0 Å². The van der Waals surface area contributed by atoms with Crippen molar-refractivity contribution in [2.24, 2.45) is 17.6 Å². The molecule has 0 spiro atoms. The molecule has 1 saturated carbocycles. The highest BCUT2D eigenvalue weighted by Gasteiger charge is 2.21. The Morgan fingerprint density at radius 1 is 1.40 bits per heavy atom. The minimum Gasteiger partial charge on any atom is -0.327 e. The van der Waals surface area contributed by atoms with Crippen molar-refractivity contribution in [2.75, 3.05) is 0 Å². The Morgan fingerprint density at radius 3 is 2.30 bits per heavy atom. The van der Waals surface area contributed by atoms with Gasteiger partial charge in [-0.1, -0.05) is 33.1 Å². The van der Waals surface area contributed by atoms with Gasteiger partial charge in [0, 0.05) is 6.04 Å². The van der Waals surface area contributed by atoms with Crippen LogP contribution in [0.25, 0.3) is 0 Å². The molecule has 0 saturated heterocycles. The Morgan fingerprint density at radius 2 is 2.00 bits per heavy atom. The van der Waals surface area contributed by atoms with Crippen LogP contribution in [0.5, 0.6) is 0 Å². The molecule has 0 unspecified atom stereocenters. The molecule has 1 aliphatic rings. The number of rotatable bonds is 3. The summed E-state index contributed by atoms with van der Waals surface area (Å²) in [6.45, 7) is 4.42. The first-order valence-electron chi connectivity index (χ1n) is 4.45. The second-order valence-corrected chi connectivity index (χ2v) is 3.94. The fourth-order valence-corrected chi connectivity index (χ4v) is 1.39. The van der Waals surface area contributed by atoms with E-state index in [1.54, 1.807) is 0 Å². The van der Waals surface area contributed by atoms with E-state index in [1.807, 2.05) is 0 Å². The van der Waals surface area contributed by atoms with Crippen molar-refractivity contribution in [1.82, 2.24) is 0 Å². The maximum Gasteiger partial charge on any atom is 0.00645 e. The molecule has 1 heteroatoms. The van der Waals surface area contributed by atoms with Crippen LogP contribution in [0, 0.1) is 11.8 Å². The van der Waals surface area contributed by atoms with Crippen LogP contribution in [0.4, 0.5) is 0 Å². The van der Waals surface area contributed by atoms with E-state index in [4.69, 9.17) is 5.73 Å². The lowest BCUT2D eigenvalue weighted by Gasteiger charge is -2.29. The van der Waals surface area contributed by atoms with Gasteiger partial charge in [-0.15, -0.1) is 0 Å². The van der Waals surface area contributed by atoms with Crippen molar-refractivity contribution < 1.29 is 0 Å². The molecule has 1 nitrogen and oxygen atoms in total. The number of hydrogen-bond donors (Lipinski definition) is 1. The maximum atomic E-state index is 5.93. The Hall–Kier alpha value is -0.0400. The lowest BCUT2D eigenvalue weighted by Crippen LogP contribution is -2.31. The van der Waals surface area contributed by atoms with Crippen LogP contribution < -0.4 is 5.73 Å². The van der Waals surface area contributed by atoms with Crippen molar-refractivity contribution >= 4 is 0 Å². The van der Waals surface area contributed by atoms with Crippen LogP contribution in [0.3, 0.4) is 0 Å². The summed E-state index contributed by atoms with van der Waals surface area (Å²) in [7, 11) is 0. The van der Waals surface area contributed by atoms with Gasteiger partial charge in [0.25, 0.3) is 0 Å². The molecule has 60 valence electrons. The molecule has 0 heterocycles. The highest BCUT2D eigenvalue weighted by atomic mass is 14.6. The molecule has 0 radical (unpaired) electrons. The third kappa shape index (κ3) is 1.98. The lowest BCUT2D eigenvalue weighted by molar-refractivity contribution is 0.256. The van der Waals surface area contributed by atoms with Gasteiger partial charge in [-0.2, -0.15) is 0 Å². The van der Waals surface area contributed by atoms with Crippen LogP contribution in [-0.4, -0.2) is 6.04 Å². The monoisotopic (exact) mass is 141 g/mol. The van der Waals surface area contributed by atoms with Gasteiger partial charge in [0.05, 0.1) is 0 Å². The molecular formula is C9H19N. The quantitative estimate of drug-likeness (QED) is 0.640. The molecular weight excluding hydrogens is 122 g/mol. The van der Waals surface area contributed by atoms with E-state index in [1.165, 1.54) is 25.7 Å². The Bertz CT molecular complexity index is 94.9. The Balaban J connectivity index is 2.10. The smallest absolute Gasteiger partial charge is 0.00645 e. The Kier molecular flexibility index (Phi) is 2.72. The van der Waals surface area contributed by atoms with E-state index in [9.17, 15) is 0 Å². The van der Waals surface area contributed by atoms with E-state index >= 15 is 0 Å². The second-order valence-electron chi connectivity index (χ2n) is 3.94. The summed E-state index contributed by atoms with van der Waals surface area (Å²) >= 11 is 0. The van der Waals surface area contributed by atoms with Crippen molar-refractivity contribution in [3.05, 3.63) is 0 Å². The van der Waals surface area contributed by atoms with Crippen LogP contribution >= 0.6 is 0 Å². The minimum absolute atomic E-state index is 0.449. The van der Waals surface area contributed by atoms with Gasteiger partial charge in [-0.3, -0.25) is 0 Å². The zero-order valence-corrected chi connectivity index (χ0v) is 7.14. The van der Waals surface area contributed by atoms with Gasteiger partial charge in [-0.05, 0) is 18.3 Å². The first-order valence-corrected chi connectivity index (χ1v) is 4.45. The minimum atomic E-state index is 0.449. The molecule has 10 heavy (non-hydrogen) atoms. The zero-order valence-electron chi connectivity index (χ0n) is 7.14. The van der Waals surface area contributed by atoms with E-state index < -0.39 is 0 Å². The summed E-state index contributed by atoms with van der Waals surface area (Å²) in [5.41, 5.74) is 5.93. The molecule has 0 bridgehead atoms. The molecule has 1 aliphatic carbocycles. The second kappa shape index (κ2) is 3.38. The van der Waals surface area contributed by atoms with Crippen molar-refractivity contribution in [1.29, 1.82) is 0 Å². The molecule has 0 aromatic rings. The highest BCUT2D eigenvalue weighted by molar-refractivity contribution is 4.76. The van der Waals surface area contributed by atoms with Crippen LogP contribution in [0.1, 0.15) is 39.5 Å². The predicted octanol–water partition coefficient (Wildman–Crippen LogP) is 2.16. The molecule has 0 aliphatic heterocycles. The fraction of sp³-hybridized carbons (Fsp3) is 1.00. The summed E-state index contributed by atoms with van der Waals surface area (Å²) < 4.78 is 0. The lowest BCUT2D eigenvalue weighted by atomic mass is 9.79. The third-order valence-corrected chi connectivity index (χ3v) is 2.69. The van der Waals surface area contributed by atoms with Crippen LogP contribution in [-0.2, 0) is 0 Å². The predicted molar refractivity (Wildman–Crippen MR) is 44.8 cm³/mol. The van der Waals surface area contributed by atoms with Gasteiger partial charge in [0.15, 0.2) is 0 Å². The first-order chi connectivity index (χ1) is 4.70. The largest absolute Gasteiger partial charge is 0.327 e. The maximum absolute atomic E-state index is 5.93. The summed E-state index contributed by atoms with van der Waals surface area (Å²) in [5, 5.41) is 0. The zero-order chi connectivity index (χ0) is 7.56. The highest BCUT2D eigenvalue weighted by Crippen LogP contribution is 2.31. The fourth-order valence-electron chi connectivity index (χ4n) is 1.39. The molecule has 1 rings (SSSR count). The van der Waals surface area contributed by atoms with Crippen molar-refractivity contribution in [2.45, 2.75) is 45.6 Å². The summed E-state index contributed by atoms with van der Waals surface area (Å²) in [4.78, 5) is 0. The van der Waals surface area contributed by atoms with Gasteiger partial charge in [0.1, 0.15) is 0 Å². The molecule has 0 aromatic carbocycles. The number of nitrogens with two attached hydrogens (primary N) is 1. The molecule has 1 atom stereocenters. The third-order valence-electron chi connectivity index (χ3n) is 2.69. The summed E-state index contributed by atoms with van der Waals surface area (Å²) in [5.74, 6) is 1.64. The van der Waals surface area contributed by atoms with Gasteiger partial charge < -0.3 is 5.73 Å². The number of hydrogen-bond acceptors (Lipinski definition) is 1. The van der Waals surface area contributed by atoms with Gasteiger partial charge in [0.2, 0.25) is 0 Å². The van der Waals surface area contributed by atoms with Gasteiger partial charge in [-0.25, -0.2) is 0 Å². The molecule has 1 fully saturated rings. The van der Waals surface area contributed by atoms with Crippen molar-refractivity contribution in [3.8, 4) is 0 Å². The normalized spacial score (nSPS) is 22.8. The van der Waals surface area contributed by atoms with Gasteiger partial charge >= 0.3 is 0 Å². The molecule has 0 amide bonds. The average molecular weight is 141 g/mol. The first kappa shape index (κ1) is 8.06. The van der Waals surface area contributed by atoms with Crippen molar-refractivity contribution in [3.63, 3.8) is 0 Å². The summed E-state index contributed by atoms with van der Waals surface area (Å²) in [6.07, 6.45) is 5.56. The average Bonchev–Trinajstić information content (AvgIpc) is 1.77. The van der Waals surface area contributed by atoms with Crippen LogP contribution in [0.15, 0.2) is 0 Å². The van der Waals surface area contributed by atoms with E-state index in [-0.39, 0.29) is 0 Å². The molecule has 2 N–H and O–H groups in total.